The average molecular weight is 377 g/mol. The van der Waals surface area contributed by atoms with Gasteiger partial charge in [-0.1, -0.05) is 20.3 Å². The minimum Gasteiger partial charge on any atom is -0.493 e. The Morgan fingerprint density at radius 1 is 1.19 bits per heavy atom. The molecule has 1 aromatic rings. The summed E-state index contributed by atoms with van der Waals surface area (Å²) in [6.45, 7) is 7.00. The van der Waals surface area contributed by atoms with Gasteiger partial charge in [-0.25, -0.2) is 4.79 Å². The van der Waals surface area contributed by atoms with Crippen LogP contribution in [0.5, 0.6) is 5.75 Å². The van der Waals surface area contributed by atoms with Crippen molar-refractivity contribution >= 4 is 17.6 Å². The minimum absolute atomic E-state index is 0.186. The van der Waals surface area contributed by atoms with Crippen LogP contribution < -0.4 is 10.1 Å². The first-order valence-electron chi connectivity index (χ1n) is 9.76. The van der Waals surface area contributed by atoms with Gasteiger partial charge in [0.15, 0.2) is 0 Å². The molecule has 0 bridgehead atoms. The third-order valence-corrected chi connectivity index (χ3v) is 4.81. The van der Waals surface area contributed by atoms with Crippen LogP contribution >= 0.6 is 0 Å². The second kappa shape index (κ2) is 9.74. The van der Waals surface area contributed by atoms with E-state index in [-0.39, 0.29) is 11.8 Å². The molecule has 1 atom stereocenters. The molecule has 0 spiro atoms. The van der Waals surface area contributed by atoms with Gasteiger partial charge >= 0.3 is 5.97 Å². The Morgan fingerprint density at radius 2 is 1.93 bits per heavy atom. The van der Waals surface area contributed by atoms with Gasteiger partial charge in [0.1, 0.15) is 16.9 Å². The first-order valence-corrected chi connectivity index (χ1v) is 9.76. The van der Waals surface area contributed by atoms with Crippen molar-refractivity contribution in [2.45, 2.75) is 58.5 Å². The van der Waals surface area contributed by atoms with Crippen molar-refractivity contribution in [3.05, 3.63) is 23.8 Å². The Labute approximate surface area is 161 Å². The number of ether oxygens (including phenoxy) is 3. The first-order chi connectivity index (χ1) is 13.0. The number of carbonyl (C=O) groups is 2. The molecule has 1 aliphatic carbocycles. The molecule has 6 nitrogen and oxygen atoms in total. The summed E-state index contributed by atoms with van der Waals surface area (Å²) in [6.07, 6.45) is 4.73. The molecule has 1 saturated carbocycles. The normalized spacial score (nSPS) is 15.7. The third-order valence-electron chi connectivity index (χ3n) is 4.81. The zero-order valence-corrected chi connectivity index (χ0v) is 16.8. The van der Waals surface area contributed by atoms with Crippen LogP contribution in [0.2, 0.25) is 0 Å². The zero-order valence-electron chi connectivity index (χ0n) is 16.8. The van der Waals surface area contributed by atoms with E-state index in [1.165, 1.54) is 7.11 Å². The van der Waals surface area contributed by atoms with Crippen LogP contribution in [0.15, 0.2) is 18.2 Å². The van der Waals surface area contributed by atoms with Gasteiger partial charge in [0.2, 0.25) is 0 Å². The largest absolute Gasteiger partial charge is 0.493 e. The number of esters is 1. The van der Waals surface area contributed by atoms with E-state index in [1.807, 2.05) is 13.8 Å². The highest BCUT2D eigenvalue weighted by molar-refractivity contribution is 5.99. The minimum atomic E-state index is -0.849. The maximum Gasteiger partial charge on any atom is 0.341 e. The molecule has 1 N–H and O–H groups in total. The predicted molar refractivity (Wildman–Crippen MR) is 104 cm³/mol. The van der Waals surface area contributed by atoms with Crippen molar-refractivity contribution in [2.24, 2.45) is 5.92 Å². The quantitative estimate of drug-likeness (QED) is 0.462. The topological polar surface area (TPSA) is 73.9 Å². The van der Waals surface area contributed by atoms with E-state index in [2.05, 4.69) is 12.2 Å². The first kappa shape index (κ1) is 21.2. The molecule has 2 rings (SSSR count). The summed E-state index contributed by atoms with van der Waals surface area (Å²) >= 11 is 0. The highest BCUT2D eigenvalue weighted by Crippen LogP contribution is 2.42. The van der Waals surface area contributed by atoms with E-state index >= 15 is 0 Å². The Morgan fingerprint density at radius 3 is 2.52 bits per heavy atom. The highest BCUT2D eigenvalue weighted by Gasteiger charge is 2.48. The summed E-state index contributed by atoms with van der Waals surface area (Å²) < 4.78 is 16.4. The molecule has 0 aromatic heterocycles. The van der Waals surface area contributed by atoms with Crippen LogP contribution in [0.1, 0.15) is 63.2 Å². The number of benzene rings is 1. The second-order valence-electron chi connectivity index (χ2n) is 7.09. The van der Waals surface area contributed by atoms with Gasteiger partial charge in [-0.3, -0.25) is 4.79 Å². The number of anilines is 1. The van der Waals surface area contributed by atoms with Gasteiger partial charge in [-0.15, -0.1) is 0 Å². The number of rotatable bonds is 11. The summed E-state index contributed by atoms with van der Waals surface area (Å²) in [5.41, 5.74) is -0.0261. The van der Waals surface area contributed by atoms with Crippen molar-refractivity contribution < 1.29 is 23.8 Å². The van der Waals surface area contributed by atoms with Crippen LogP contribution in [0.3, 0.4) is 0 Å². The molecule has 1 fully saturated rings. The van der Waals surface area contributed by atoms with Crippen molar-refractivity contribution in [2.75, 3.05) is 25.6 Å². The number of amides is 1. The number of unbranched alkanes of at least 4 members (excludes halogenated alkanes) is 1. The maximum atomic E-state index is 12.9. The van der Waals surface area contributed by atoms with Gasteiger partial charge in [-0.2, -0.15) is 0 Å². The number of hydrogen-bond donors (Lipinski definition) is 1. The Balaban J connectivity index is 2.17. The van der Waals surface area contributed by atoms with Crippen LogP contribution in [-0.4, -0.2) is 37.8 Å². The fraction of sp³-hybridized carbons (Fsp3) is 0.619. The van der Waals surface area contributed by atoms with E-state index in [4.69, 9.17) is 14.2 Å². The van der Waals surface area contributed by atoms with Crippen LogP contribution in [0.25, 0.3) is 0 Å². The molecule has 1 aliphatic rings. The van der Waals surface area contributed by atoms with E-state index in [1.54, 1.807) is 18.2 Å². The number of hydrogen-bond acceptors (Lipinski definition) is 5. The lowest BCUT2D eigenvalue weighted by molar-refractivity contribution is -0.142. The van der Waals surface area contributed by atoms with E-state index in [9.17, 15) is 9.59 Å². The predicted octanol–water partition coefficient (Wildman–Crippen LogP) is 4.19. The van der Waals surface area contributed by atoms with Crippen LogP contribution in [-0.2, 0) is 14.3 Å². The van der Waals surface area contributed by atoms with Crippen LogP contribution in [0, 0.1) is 5.92 Å². The molecular weight excluding hydrogens is 346 g/mol. The van der Waals surface area contributed by atoms with Gasteiger partial charge in [-0.05, 0) is 56.7 Å². The molecular formula is C21H31NO5. The standard InChI is InChI=1S/C21H31NO5/c1-5-7-13-26-18-11-10-16(14-17(18)19(23)25-4)22-20(24)21(3,15-8-9-15)27-12-6-2/h10-11,14-15H,5-9,12-13H2,1-4H3,(H,22,24)/t21-/m1/s1. The van der Waals surface area contributed by atoms with Crippen molar-refractivity contribution in [1.29, 1.82) is 0 Å². The van der Waals surface area contributed by atoms with E-state index < -0.39 is 11.6 Å². The van der Waals surface area contributed by atoms with Crippen molar-refractivity contribution in [1.82, 2.24) is 0 Å². The summed E-state index contributed by atoms with van der Waals surface area (Å²) in [7, 11) is 1.33. The van der Waals surface area contributed by atoms with Crippen molar-refractivity contribution in [3.63, 3.8) is 0 Å². The number of carbonyl (C=O) groups excluding carboxylic acids is 2. The van der Waals surface area contributed by atoms with Gasteiger partial charge in [0, 0.05) is 12.3 Å². The molecule has 0 radical (unpaired) electrons. The Bertz CT molecular complexity index is 656. The smallest absolute Gasteiger partial charge is 0.341 e. The van der Waals surface area contributed by atoms with Gasteiger partial charge in [0.25, 0.3) is 5.91 Å². The van der Waals surface area contributed by atoms with Crippen LogP contribution in [0.4, 0.5) is 5.69 Å². The zero-order chi connectivity index (χ0) is 19.9. The molecule has 27 heavy (non-hydrogen) atoms. The third kappa shape index (κ3) is 5.45. The number of nitrogens with one attached hydrogen (secondary N) is 1. The SMILES string of the molecule is CCCCOc1ccc(NC(=O)[C@](C)(OCCC)C2CC2)cc1C(=O)OC. The summed E-state index contributed by atoms with van der Waals surface area (Å²) in [5, 5.41) is 2.90. The molecule has 1 amide bonds. The molecule has 0 aliphatic heterocycles. The fourth-order valence-corrected chi connectivity index (χ4v) is 2.90. The number of methoxy groups -OCH3 is 1. The van der Waals surface area contributed by atoms with E-state index in [0.29, 0.717) is 30.2 Å². The van der Waals surface area contributed by atoms with Crippen molar-refractivity contribution in [3.8, 4) is 5.75 Å². The maximum absolute atomic E-state index is 12.9. The lowest BCUT2D eigenvalue weighted by Crippen LogP contribution is -2.45. The van der Waals surface area contributed by atoms with E-state index in [0.717, 1.165) is 32.1 Å². The molecule has 0 saturated heterocycles. The molecule has 150 valence electrons. The summed E-state index contributed by atoms with van der Waals surface area (Å²) in [6, 6.07) is 5.02. The average Bonchev–Trinajstić information content (AvgIpc) is 3.52. The monoisotopic (exact) mass is 377 g/mol. The Kier molecular flexibility index (Phi) is 7.66. The Hall–Kier alpha value is -2.08. The summed E-state index contributed by atoms with van der Waals surface area (Å²) in [5.74, 6) is 0.0139. The summed E-state index contributed by atoms with van der Waals surface area (Å²) in [4.78, 5) is 25.0. The molecule has 0 unspecified atom stereocenters. The lowest BCUT2D eigenvalue weighted by Gasteiger charge is -2.28. The second-order valence-corrected chi connectivity index (χ2v) is 7.09. The highest BCUT2D eigenvalue weighted by atomic mass is 16.5. The molecule has 0 heterocycles. The van der Waals surface area contributed by atoms with Gasteiger partial charge < -0.3 is 19.5 Å². The molecule has 1 aromatic carbocycles. The van der Waals surface area contributed by atoms with Gasteiger partial charge in [0.05, 0.1) is 13.7 Å². The fourth-order valence-electron chi connectivity index (χ4n) is 2.90. The lowest BCUT2D eigenvalue weighted by atomic mass is 9.98. The molecule has 6 heteroatoms.